The Labute approximate surface area is 133 Å². The summed E-state index contributed by atoms with van der Waals surface area (Å²) in [5, 5.41) is 7.23. The van der Waals surface area contributed by atoms with Crippen molar-refractivity contribution in [3.8, 4) is 0 Å². The van der Waals surface area contributed by atoms with Gasteiger partial charge in [-0.25, -0.2) is 0 Å². The van der Waals surface area contributed by atoms with E-state index in [0.29, 0.717) is 13.0 Å². The number of carbonyl (C=O) groups is 1. The summed E-state index contributed by atoms with van der Waals surface area (Å²) in [6.07, 6.45) is 2.07. The number of aryl methyl sites for hydroxylation is 2. The lowest BCUT2D eigenvalue weighted by Gasteiger charge is -2.07. The fourth-order valence-corrected chi connectivity index (χ4v) is 1.95. The third-order valence-electron chi connectivity index (χ3n) is 3.18. The number of halogens is 2. The maximum Gasteiger partial charge on any atom is 0.220 e. The van der Waals surface area contributed by atoms with Gasteiger partial charge >= 0.3 is 0 Å². The van der Waals surface area contributed by atoms with E-state index in [2.05, 4.69) is 10.4 Å². The van der Waals surface area contributed by atoms with E-state index in [4.69, 9.17) is 5.73 Å². The van der Waals surface area contributed by atoms with E-state index in [0.717, 1.165) is 24.2 Å². The predicted molar refractivity (Wildman–Crippen MR) is 86.8 cm³/mol. The van der Waals surface area contributed by atoms with Crippen LogP contribution in [0.2, 0.25) is 0 Å². The third kappa shape index (κ3) is 6.59. The second-order valence-electron chi connectivity index (χ2n) is 4.89. The Balaban J connectivity index is 0. The molecule has 3 N–H and O–H groups in total. The quantitative estimate of drug-likeness (QED) is 0.835. The molecule has 1 aromatic rings. The highest BCUT2D eigenvalue weighted by atomic mass is 35.5. The SMILES string of the molecule is Cc1nn(C)c(C)c1CCC(=O)NCCC(C)N.Cl.Cl. The fraction of sp³-hybridized carbons (Fsp3) is 0.692. The van der Waals surface area contributed by atoms with E-state index in [9.17, 15) is 4.79 Å². The molecule has 0 bridgehead atoms. The Kier molecular flexibility index (Phi) is 10.8. The van der Waals surface area contributed by atoms with Crippen molar-refractivity contribution < 1.29 is 4.79 Å². The minimum atomic E-state index is 0. The normalized spacial score (nSPS) is 11.2. The molecule has 0 aliphatic carbocycles. The molecule has 0 fully saturated rings. The zero-order valence-corrected chi connectivity index (χ0v) is 14.2. The van der Waals surface area contributed by atoms with Crippen molar-refractivity contribution in [1.82, 2.24) is 15.1 Å². The molecule has 1 amide bonds. The van der Waals surface area contributed by atoms with Crippen molar-refractivity contribution in [2.45, 2.75) is 46.1 Å². The molecular weight excluding hydrogens is 299 g/mol. The molecule has 1 unspecified atom stereocenters. The predicted octanol–water partition coefficient (Wildman–Crippen LogP) is 1.67. The average Bonchev–Trinajstić information content (AvgIpc) is 2.50. The number of hydrogen-bond acceptors (Lipinski definition) is 3. The summed E-state index contributed by atoms with van der Waals surface area (Å²) in [5.74, 6) is 0.0818. The Hall–Kier alpha value is -0.780. The van der Waals surface area contributed by atoms with E-state index in [1.54, 1.807) is 0 Å². The minimum absolute atomic E-state index is 0. The van der Waals surface area contributed by atoms with Crippen molar-refractivity contribution in [3.05, 3.63) is 17.0 Å². The first kappa shape index (κ1) is 21.5. The van der Waals surface area contributed by atoms with Gasteiger partial charge < -0.3 is 11.1 Å². The van der Waals surface area contributed by atoms with Gasteiger partial charge in [0.05, 0.1) is 5.69 Å². The van der Waals surface area contributed by atoms with Crippen molar-refractivity contribution in [2.24, 2.45) is 12.8 Å². The first-order valence-electron chi connectivity index (χ1n) is 6.43. The smallest absolute Gasteiger partial charge is 0.220 e. The number of nitrogens with one attached hydrogen (secondary N) is 1. The van der Waals surface area contributed by atoms with Crippen LogP contribution in [0.1, 0.15) is 36.7 Å². The fourth-order valence-electron chi connectivity index (χ4n) is 1.95. The van der Waals surface area contributed by atoms with Crippen LogP contribution in [0.3, 0.4) is 0 Å². The van der Waals surface area contributed by atoms with Crippen LogP contribution in [0, 0.1) is 13.8 Å². The molecule has 0 aliphatic rings. The van der Waals surface area contributed by atoms with Gasteiger partial charge in [0.1, 0.15) is 0 Å². The highest BCUT2D eigenvalue weighted by molar-refractivity contribution is 5.85. The molecule has 0 radical (unpaired) electrons. The second-order valence-corrected chi connectivity index (χ2v) is 4.89. The summed E-state index contributed by atoms with van der Waals surface area (Å²) in [6, 6.07) is 0.133. The zero-order chi connectivity index (χ0) is 13.7. The highest BCUT2D eigenvalue weighted by Gasteiger charge is 2.11. The molecule has 1 aromatic heterocycles. The molecule has 5 nitrogen and oxygen atoms in total. The summed E-state index contributed by atoms with van der Waals surface area (Å²) in [5.41, 5.74) is 8.95. The minimum Gasteiger partial charge on any atom is -0.356 e. The molecule has 118 valence electrons. The molecule has 0 spiro atoms. The number of aromatic nitrogens is 2. The Morgan fingerprint density at radius 2 is 2.00 bits per heavy atom. The van der Waals surface area contributed by atoms with Gasteiger partial charge in [0.25, 0.3) is 0 Å². The van der Waals surface area contributed by atoms with Crippen LogP contribution in [0.4, 0.5) is 0 Å². The molecular formula is C13H26Cl2N4O. The van der Waals surface area contributed by atoms with Crippen molar-refractivity contribution in [3.63, 3.8) is 0 Å². The standard InChI is InChI=1S/C13H24N4O.2ClH/c1-9(14)7-8-15-13(18)6-5-12-10(2)16-17(4)11(12)3;;/h9H,5-8,14H2,1-4H3,(H,15,18);2*1H. The van der Waals surface area contributed by atoms with Crippen LogP contribution < -0.4 is 11.1 Å². The second kappa shape index (κ2) is 10.0. The molecule has 0 saturated carbocycles. The van der Waals surface area contributed by atoms with Crippen LogP contribution in [0.15, 0.2) is 0 Å². The van der Waals surface area contributed by atoms with Crippen LogP contribution >= 0.6 is 24.8 Å². The summed E-state index contributed by atoms with van der Waals surface area (Å²) >= 11 is 0. The Morgan fingerprint density at radius 1 is 1.40 bits per heavy atom. The van der Waals surface area contributed by atoms with Gasteiger partial charge in [-0.15, -0.1) is 24.8 Å². The van der Waals surface area contributed by atoms with E-state index >= 15 is 0 Å². The maximum atomic E-state index is 11.6. The van der Waals surface area contributed by atoms with Gasteiger partial charge in [0, 0.05) is 31.7 Å². The summed E-state index contributed by atoms with van der Waals surface area (Å²) < 4.78 is 1.86. The lowest BCUT2D eigenvalue weighted by Crippen LogP contribution is -2.29. The van der Waals surface area contributed by atoms with Gasteiger partial charge in [0.15, 0.2) is 0 Å². The van der Waals surface area contributed by atoms with Gasteiger partial charge in [-0.2, -0.15) is 5.10 Å². The van der Waals surface area contributed by atoms with E-state index in [1.165, 1.54) is 5.56 Å². The highest BCUT2D eigenvalue weighted by Crippen LogP contribution is 2.13. The van der Waals surface area contributed by atoms with E-state index in [-0.39, 0.29) is 36.8 Å². The molecule has 0 aliphatic heterocycles. The monoisotopic (exact) mass is 324 g/mol. The van der Waals surface area contributed by atoms with Crippen LogP contribution in [0.5, 0.6) is 0 Å². The van der Waals surface area contributed by atoms with Crippen molar-refractivity contribution in [1.29, 1.82) is 0 Å². The Morgan fingerprint density at radius 3 is 2.45 bits per heavy atom. The number of amides is 1. The topological polar surface area (TPSA) is 72.9 Å². The average molecular weight is 325 g/mol. The molecule has 1 atom stereocenters. The summed E-state index contributed by atoms with van der Waals surface area (Å²) in [6.45, 7) is 6.61. The lowest BCUT2D eigenvalue weighted by atomic mass is 10.1. The van der Waals surface area contributed by atoms with Crippen molar-refractivity contribution in [2.75, 3.05) is 6.54 Å². The number of nitrogens with two attached hydrogens (primary N) is 1. The first-order chi connectivity index (χ1) is 8.41. The van der Waals surface area contributed by atoms with E-state index in [1.807, 2.05) is 32.5 Å². The lowest BCUT2D eigenvalue weighted by molar-refractivity contribution is -0.121. The van der Waals surface area contributed by atoms with E-state index < -0.39 is 0 Å². The zero-order valence-electron chi connectivity index (χ0n) is 12.6. The third-order valence-corrected chi connectivity index (χ3v) is 3.18. The van der Waals surface area contributed by atoms with Crippen LogP contribution in [-0.2, 0) is 18.3 Å². The summed E-state index contributed by atoms with van der Waals surface area (Å²) in [7, 11) is 1.93. The molecule has 0 aromatic carbocycles. The maximum absolute atomic E-state index is 11.6. The number of nitrogens with zero attached hydrogens (tertiary/aromatic N) is 2. The molecule has 20 heavy (non-hydrogen) atoms. The Bertz CT molecular complexity index is 419. The van der Waals surface area contributed by atoms with Crippen molar-refractivity contribution >= 4 is 30.7 Å². The van der Waals surface area contributed by atoms with Gasteiger partial charge in [-0.3, -0.25) is 9.48 Å². The van der Waals surface area contributed by atoms with Crippen LogP contribution in [0.25, 0.3) is 0 Å². The number of hydrogen-bond donors (Lipinski definition) is 2. The number of carbonyl (C=O) groups excluding carboxylic acids is 1. The molecule has 0 saturated heterocycles. The van der Waals surface area contributed by atoms with Gasteiger partial charge in [-0.05, 0) is 39.2 Å². The number of rotatable bonds is 6. The molecule has 1 rings (SSSR count). The summed E-state index contributed by atoms with van der Waals surface area (Å²) in [4.78, 5) is 11.6. The first-order valence-corrected chi connectivity index (χ1v) is 6.43. The van der Waals surface area contributed by atoms with Gasteiger partial charge in [-0.1, -0.05) is 0 Å². The van der Waals surface area contributed by atoms with Gasteiger partial charge in [0.2, 0.25) is 5.91 Å². The molecule has 1 heterocycles. The van der Waals surface area contributed by atoms with Crippen LogP contribution in [-0.4, -0.2) is 28.3 Å². The molecule has 7 heteroatoms. The largest absolute Gasteiger partial charge is 0.356 e.